The molecular weight excluding hydrogens is 276 g/mol. The van der Waals surface area contributed by atoms with E-state index in [2.05, 4.69) is 15.9 Å². The second kappa shape index (κ2) is 6.30. The molecule has 0 aromatic heterocycles. The van der Waals surface area contributed by atoms with E-state index < -0.39 is 11.6 Å². The van der Waals surface area contributed by atoms with Crippen LogP contribution in [0.1, 0.15) is 19.4 Å². The van der Waals surface area contributed by atoms with Crippen LogP contribution < -0.4 is 0 Å². The summed E-state index contributed by atoms with van der Waals surface area (Å²) in [5, 5.41) is 0.793. The van der Waals surface area contributed by atoms with E-state index >= 15 is 0 Å². The largest absolute Gasteiger partial charge is 0.296 e. The highest BCUT2D eigenvalue weighted by molar-refractivity contribution is 9.09. The molecule has 90 valence electrons. The fourth-order valence-corrected chi connectivity index (χ4v) is 1.97. The Balaban J connectivity index is 2.84. The van der Waals surface area contributed by atoms with Crippen molar-refractivity contribution in [3.05, 3.63) is 35.4 Å². The molecule has 0 aliphatic heterocycles. The average molecular weight is 292 g/mol. The van der Waals surface area contributed by atoms with E-state index in [4.69, 9.17) is 0 Å². The molecule has 0 heterocycles. The fraction of sp³-hybridized carbons (Fsp3) is 0.500. The van der Waals surface area contributed by atoms with Gasteiger partial charge >= 0.3 is 0 Å². The maximum atomic E-state index is 13.4. The molecule has 1 rings (SSSR count). The molecule has 0 unspecified atom stereocenters. The Bertz CT molecular complexity index is 322. The molecule has 1 aromatic carbocycles. The van der Waals surface area contributed by atoms with Gasteiger partial charge in [0.25, 0.3) is 0 Å². The molecule has 0 radical (unpaired) electrons. The molecule has 0 saturated heterocycles. The molecule has 16 heavy (non-hydrogen) atoms. The summed E-state index contributed by atoms with van der Waals surface area (Å²) in [6.07, 6.45) is 0. The number of benzene rings is 1. The van der Waals surface area contributed by atoms with Crippen molar-refractivity contribution in [2.45, 2.75) is 26.4 Å². The Morgan fingerprint density at radius 1 is 1.25 bits per heavy atom. The van der Waals surface area contributed by atoms with Gasteiger partial charge in [-0.15, -0.1) is 0 Å². The van der Waals surface area contributed by atoms with Gasteiger partial charge in [0.1, 0.15) is 11.6 Å². The van der Waals surface area contributed by atoms with Gasteiger partial charge in [-0.25, -0.2) is 8.78 Å². The van der Waals surface area contributed by atoms with Crippen LogP contribution in [0.25, 0.3) is 0 Å². The van der Waals surface area contributed by atoms with E-state index in [0.717, 1.165) is 11.9 Å². The maximum Gasteiger partial charge on any atom is 0.130 e. The van der Waals surface area contributed by atoms with Crippen LogP contribution in [0.15, 0.2) is 18.2 Å². The molecule has 0 atom stereocenters. The third-order valence-electron chi connectivity index (χ3n) is 2.52. The third-order valence-corrected chi connectivity index (χ3v) is 2.88. The predicted molar refractivity (Wildman–Crippen MR) is 65.7 cm³/mol. The number of alkyl halides is 1. The number of nitrogens with zero attached hydrogens (tertiary/aromatic N) is 1. The van der Waals surface area contributed by atoms with Gasteiger partial charge in [-0.2, -0.15) is 0 Å². The zero-order valence-corrected chi connectivity index (χ0v) is 11.1. The summed E-state index contributed by atoms with van der Waals surface area (Å²) in [7, 11) is 0. The molecule has 0 fully saturated rings. The SMILES string of the molecule is CC(C)N(CCBr)Cc1c(F)cccc1F. The maximum absolute atomic E-state index is 13.4. The first kappa shape index (κ1) is 13.6. The van der Waals surface area contributed by atoms with Crippen molar-refractivity contribution >= 4 is 15.9 Å². The summed E-state index contributed by atoms with van der Waals surface area (Å²) >= 11 is 3.34. The third kappa shape index (κ3) is 3.52. The van der Waals surface area contributed by atoms with Gasteiger partial charge in [0.2, 0.25) is 0 Å². The lowest BCUT2D eigenvalue weighted by Crippen LogP contribution is -2.32. The van der Waals surface area contributed by atoms with E-state index in [1.807, 2.05) is 18.7 Å². The smallest absolute Gasteiger partial charge is 0.130 e. The zero-order chi connectivity index (χ0) is 12.1. The van der Waals surface area contributed by atoms with Crippen molar-refractivity contribution in [3.63, 3.8) is 0 Å². The number of halogens is 3. The average Bonchev–Trinajstić information content (AvgIpc) is 2.21. The van der Waals surface area contributed by atoms with Crippen molar-refractivity contribution in [2.24, 2.45) is 0 Å². The van der Waals surface area contributed by atoms with Crippen LogP contribution >= 0.6 is 15.9 Å². The van der Waals surface area contributed by atoms with E-state index in [1.165, 1.54) is 18.2 Å². The first-order chi connectivity index (χ1) is 7.56. The normalized spacial score (nSPS) is 11.4. The Morgan fingerprint density at radius 3 is 2.25 bits per heavy atom. The Kier molecular flexibility index (Phi) is 5.35. The van der Waals surface area contributed by atoms with Crippen molar-refractivity contribution < 1.29 is 8.78 Å². The molecule has 0 N–H and O–H groups in total. The van der Waals surface area contributed by atoms with Gasteiger partial charge in [-0.05, 0) is 26.0 Å². The lowest BCUT2D eigenvalue weighted by Gasteiger charge is -2.25. The van der Waals surface area contributed by atoms with Crippen molar-refractivity contribution in [3.8, 4) is 0 Å². The molecule has 0 saturated carbocycles. The van der Waals surface area contributed by atoms with Gasteiger partial charge in [0, 0.05) is 30.0 Å². The first-order valence-corrected chi connectivity index (χ1v) is 6.41. The Hall–Kier alpha value is -0.480. The molecule has 0 aliphatic carbocycles. The van der Waals surface area contributed by atoms with Crippen LogP contribution in [0.3, 0.4) is 0 Å². The lowest BCUT2D eigenvalue weighted by molar-refractivity contribution is 0.221. The summed E-state index contributed by atoms with van der Waals surface area (Å²) in [6, 6.07) is 4.24. The molecule has 0 bridgehead atoms. The van der Waals surface area contributed by atoms with E-state index in [1.54, 1.807) is 0 Å². The molecular formula is C12H16BrF2N. The second-order valence-electron chi connectivity index (χ2n) is 3.95. The van der Waals surface area contributed by atoms with E-state index in [0.29, 0.717) is 6.54 Å². The van der Waals surface area contributed by atoms with Gasteiger partial charge in [0.15, 0.2) is 0 Å². The zero-order valence-electron chi connectivity index (χ0n) is 9.51. The van der Waals surface area contributed by atoms with E-state index in [9.17, 15) is 8.78 Å². The summed E-state index contributed by atoms with van der Waals surface area (Å²) in [6.45, 7) is 5.11. The van der Waals surface area contributed by atoms with Crippen LogP contribution in [-0.4, -0.2) is 22.8 Å². The Labute approximate surface area is 104 Å². The van der Waals surface area contributed by atoms with Crippen molar-refractivity contribution in [1.29, 1.82) is 0 Å². The highest BCUT2D eigenvalue weighted by Crippen LogP contribution is 2.16. The molecule has 1 nitrogen and oxygen atoms in total. The summed E-state index contributed by atoms with van der Waals surface area (Å²) in [5.74, 6) is -0.944. The molecule has 0 spiro atoms. The number of hydrogen-bond acceptors (Lipinski definition) is 1. The minimum atomic E-state index is -0.472. The number of hydrogen-bond donors (Lipinski definition) is 0. The highest BCUT2D eigenvalue weighted by Gasteiger charge is 2.15. The summed E-state index contributed by atoms with van der Waals surface area (Å²) < 4.78 is 26.9. The second-order valence-corrected chi connectivity index (χ2v) is 4.75. The van der Waals surface area contributed by atoms with Crippen LogP contribution in [0.2, 0.25) is 0 Å². The van der Waals surface area contributed by atoms with Gasteiger partial charge in [0.05, 0.1) is 0 Å². The fourth-order valence-electron chi connectivity index (χ4n) is 1.51. The lowest BCUT2D eigenvalue weighted by atomic mass is 10.1. The van der Waals surface area contributed by atoms with Crippen LogP contribution in [0.4, 0.5) is 8.78 Å². The molecule has 0 aliphatic rings. The van der Waals surface area contributed by atoms with Gasteiger partial charge < -0.3 is 0 Å². The first-order valence-electron chi connectivity index (χ1n) is 5.29. The van der Waals surface area contributed by atoms with Gasteiger partial charge in [-0.1, -0.05) is 22.0 Å². The minimum absolute atomic E-state index is 0.150. The summed E-state index contributed by atoms with van der Waals surface area (Å²) in [5.41, 5.74) is 0.150. The minimum Gasteiger partial charge on any atom is -0.296 e. The van der Waals surface area contributed by atoms with E-state index in [-0.39, 0.29) is 11.6 Å². The molecule has 0 amide bonds. The quantitative estimate of drug-likeness (QED) is 0.750. The van der Waals surface area contributed by atoms with Crippen LogP contribution in [0, 0.1) is 11.6 Å². The number of rotatable bonds is 5. The van der Waals surface area contributed by atoms with Gasteiger partial charge in [-0.3, -0.25) is 4.90 Å². The highest BCUT2D eigenvalue weighted by atomic mass is 79.9. The standard InChI is InChI=1S/C12H16BrF2N/c1-9(2)16(7-6-13)8-10-11(14)4-3-5-12(10)15/h3-5,9H,6-8H2,1-2H3. The topological polar surface area (TPSA) is 3.24 Å². The molecule has 4 heteroatoms. The Morgan fingerprint density at radius 2 is 1.81 bits per heavy atom. The van der Waals surface area contributed by atoms with Crippen molar-refractivity contribution in [2.75, 3.05) is 11.9 Å². The predicted octanol–water partition coefficient (Wildman–Crippen LogP) is 3.57. The molecule has 1 aromatic rings. The van der Waals surface area contributed by atoms with Crippen LogP contribution in [-0.2, 0) is 6.54 Å². The summed E-state index contributed by atoms with van der Waals surface area (Å²) in [4.78, 5) is 2.02. The monoisotopic (exact) mass is 291 g/mol. The van der Waals surface area contributed by atoms with Crippen molar-refractivity contribution in [1.82, 2.24) is 4.90 Å². The van der Waals surface area contributed by atoms with Crippen LogP contribution in [0.5, 0.6) is 0 Å².